The molecule has 0 spiro atoms. The van der Waals surface area contributed by atoms with Gasteiger partial charge in [0.15, 0.2) is 0 Å². The van der Waals surface area contributed by atoms with Crippen molar-refractivity contribution >= 4 is 30.3 Å². The van der Waals surface area contributed by atoms with Crippen molar-refractivity contribution in [1.82, 2.24) is 0 Å². The van der Waals surface area contributed by atoms with E-state index in [0.29, 0.717) is 23.3 Å². The monoisotopic (exact) mass is 297 g/mol. The van der Waals surface area contributed by atoms with Crippen LogP contribution in [0.1, 0.15) is 11.1 Å². The smallest absolute Gasteiger partial charge is 0.478 e. The predicted molar refractivity (Wildman–Crippen MR) is 86.7 cm³/mol. The Labute approximate surface area is 128 Å². The molecule has 0 atom stereocenters. The van der Waals surface area contributed by atoms with Crippen LogP contribution >= 0.6 is 0 Å². The van der Waals surface area contributed by atoms with E-state index in [1.807, 2.05) is 30.3 Å². The van der Waals surface area contributed by atoms with Crippen LogP contribution in [0, 0.1) is 0 Å². The number of carboxylic acids is 1. The zero-order valence-corrected chi connectivity index (χ0v) is 11.8. The summed E-state index contributed by atoms with van der Waals surface area (Å²) in [5, 5.41) is 30.4. The second kappa shape index (κ2) is 7.45. The number of hydrogen-bond donors (Lipinski definition) is 4. The molecule has 0 bridgehead atoms. The fourth-order valence-corrected chi connectivity index (χ4v) is 1.99. The van der Waals surface area contributed by atoms with Gasteiger partial charge >= 0.3 is 13.1 Å². The summed E-state index contributed by atoms with van der Waals surface area (Å²) >= 11 is 0. The van der Waals surface area contributed by atoms with Crippen LogP contribution in [0.4, 0.5) is 5.69 Å². The van der Waals surface area contributed by atoms with E-state index in [1.54, 1.807) is 18.2 Å². The lowest BCUT2D eigenvalue weighted by Gasteiger charge is -2.12. The molecular formula is C16H16BNO4. The summed E-state index contributed by atoms with van der Waals surface area (Å²) in [5.74, 6) is -1.04. The average Bonchev–Trinajstić information content (AvgIpc) is 2.52. The Balaban J connectivity index is 2.24. The molecule has 0 radical (unpaired) electrons. The fraction of sp³-hybridized carbons (Fsp3) is 0.0625. The second-order valence-corrected chi connectivity index (χ2v) is 4.73. The van der Waals surface area contributed by atoms with Crippen LogP contribution in [0.5, 0.6) is 0 Å². The lowest BCUT2D eigenvalue weighted by atomic mass is 9.79. The van der Waals surface area contributed by atoms with E-state index >= 15 is 0 Å². The average molecular weight is 297 g/mol. The van der Waals surface area contributed by atoms with Crippen LogP contribution in [-0.2, 0) is 11.3 Å². The molecule has 0 fully saturated rings. The van der Waals surface area contributed by atoms with E-state index in [1.165, 1.54) is 6.08 Å². The van der Waals surface area contributed by atoms with Crippen LogP contribution in [0.2, 0.25) is 0 Å². The third kappa shape index (κ3) is 4.48. The Morgan fingerprint density at radius 1 is 1.14 bits per heavy atom. The highest BCUT2D eigenvalue weighted by Gasteiger charge is 2.12. The Kier molecular flexibility index (Phi) is 5.35. The summed E-state index contributed by atoms with van der Waals surface area (Å²) in [5.41, 5.74) is 2.68. The highest BCUT2D eigenvalue weighted by Crippen LogP contribution is 2.17. The normalized spacial score (nSPS) is 10.6. The van der Waals surface area contributed by atoms with Crippen molar-refractivity contribution < 1.29 is 19.9 Å². The van der Waals surface area contributed by atoms with Crippen molar-refractivity contribution in [3.8, 4) is 0 Å². The highest BCUT2D eigenvalue weighted by atomic mass is 16.4. The quantitative estimate of drug-likeness (QED) is 0.473. The third-order valence-electron chi connectivity index (χ3n) is 3.11. The molecule has 4 N–H and O–H groups in total. The minimum atomic E-state index is -1.57. The molecule has 2 rings (SSSR count). The molecule has 2 aromatic rings. The minimum absolute atomic E-state index is 0.336. The van der Waals surface area contributed by atoms with E-state index in [4.69, 9.17) is 5.11 Å². The molecule has 0 saturated carbocycles. The van der Waals surface area contributed by atoms with Gasteiger partial charge in [-0.3, -0.25) is 0 Å². The summed E-state index contributed by atoms with van der Waals surface area (Å²) in [7, 11) is -1.57. The second-order valence-electron chi connectivity index (χ2n) is 4.73. The van der Waals surface area contributed by atoms with Gasteiger partial charge in [-0.25, -0.2) is 4.79 Å². The van der Waals surface area contributed by atoms with Gasteiger partial charge in [0.1, 0.15) is 0 Å². The number of anilines is 1. The number of nitrogens with one attached hydrogen (secondary N) is 1. The molecule has 0 aliphatic carbocycles. The first kappa shape index (κ1) is 15.8. The van der Waals surface area contributed by atoms with Gasteiger partial charge in [-0.2, -0.15) is 0 Å². The van der Waals surface area contributed by atoms with Crippen LogP contribution in [0.3, 0.4) is 0 Å². The minimum Gasteiger partial charge on any atom is -0.478 e. The number of aliphatic carboxylic acids is 1. The number of carboxylic acid groups (broad SMARTS) is 1. The SMILES string of the molecule is O=C(O)C=Cc1ccc(B(O)O)cc1NCc1ccccc1. The van der Waals surface area contributed by atoms with Crippen molar-refractivity contribution in [3.05, 3.63) is 65.7 Å². The summed E-state index contributed by atoms with van der Waals surface area (Å²) < 4.78 is 0. The van der Waals surface area contributed by atoms with Gasteiger partial charge in [-0.1, -0.05) is 42.5 Å². The van der Waals surface area contributed by atoms with E-state index in [-0.39, 0.29) is 0 Å². The van der Waals surface area contributed by atoms with Crippen molar-refractivity contribution in [2.75, 3.05) is 5.32 Å². The number of carbonyl (C=O) groups is 1. The predicted octanol–water partition coefficient (Wildman–Crippen LogP) is 1.08. The van der Waals surface area contributed by atoms with Crippen molar-refractivity contribution in [2.45, 2.75) is 6.54 Å². The van der Waals surface area contributed by atoms with E-state index in [2.05, 4.69) is 5.32 Å². The van der Waals surface area contributed by atoms with E-state index < -0.39 is 13.1 Å². The Morgan fingerprint density at radius 2 is 1.86 bits per heavy atom. The van der Waals surface area contributed by atoms with Crippen molar-refractivity contribution in [1.29, 1.82) is 0 Å². The Morgan fingerprint density at radius 3 is 2.50 bits per heavy atom. The molecule has 0 saturated heterocycles. The van der Waals surface area contributed by atoms with Gasteiger partial charge in [0.25, 0.3) is 0 Å². The standard InChI is InChI=1S/C16H16BNO4/c19-16(20)9-7-13-6-8-14(17(21)22)10-15(13)18-11-12-4-2-1-3-5-12/h1-10,18,21-22H,11H2,(H,19,20). The first-order valence-electron chi connectivity index (χ1n) is 6.75. The topological polar surface area (TPSA) is 89.8 Å². The summed E-state index contributed by atoms with van der Waals surface area (Å²) in [6, 6.07) is 14.5. The molecule has 0 aliphatic rings. The maximum atomic E-state index is 10.7. The van der Waals surface area contributed by atoms with Gasteiger partial charge in [0.2, 0.25) is 0 Å². The maximum Gasteiger partial charge on any atom is 0.488 e. The first-order valence-corrected chi connectivity index (χ1v) is 6.75. The molecule has 2 aromatic carbocycles. The van der Waals surface area contributed by atoms with Crippen molar-refractivity contribution in [2.24, 2.45) is 0 Å². The van der Waals surface area contributed by atoms with Crippen LogP contribution in [0.25, 0.3) is 6.08 Å². The van der Waals surface area contributed by atoms with Gasteiger partial charge in [0.05, 0.1) is 0 Å². The number of benzene rings is 2. The summed E-state index contributed by atoms with van der Waals surface area (Å²) in [6.07, 6.45) is 2.50. The van der Waals surface area contributed by atoms with Gasteiger partial charge < -0.3 is 20.5 Å². The molecule has 0 aliphatic heterocycles. The molecule has 6 heteroatoms. The molecule has 22 heavy (non-hydrogen) atoms. The maximum absolute atomic E-state index is 10.7. The summed E-state index contributed by atoms with van der Waals surface area (Å²) in [4.78, 5) is 10.7. The van der Waals surface area contributed by atoms with E-state index in [0.717, 1.165) is 11.6 Å². The lowest BCUT2D eigenvalue weighted by Crippen LogP contribution is -2.30. The van der Waals surface area contributed by atoms with Gasteiger partial charge in [-0.15, -0.1) is 0 Å². The van der Waals surface area contributed by atoms with Gasteiger partial charge in [0, 0.05) is 18.3 Å². The number of hydrogen-bond acceptors (Lipinski definition) is 4. The first-order chi connectivity index (χ1) is 10.6. The highest BCUT2D eigenvalue weighted by molar-refractivity contribution is 6.58. The zero-order valence-electron chi connectivity index (χ0n) is 11.8. The zero-order chi connectivity index (χ0) is 15.9. The Bertz CT molecular complexity index is 671. The number of rotatable bonds is 6. The largest absolute Gasteiger partial charge is 0.488 e. The summed E-state index contributed by atoms with van der Waals surface area (Å²) in [6.45, 7) is 0.541. The third-order valence-corrected chi connectivity index (χ3v) is 3.11. The van der Waals surface area contributed by atoms with Crippen LogP contribution < -0.4 is 10.8 Å². The lowest BCUT2D eigenvalue weighted by molar-refractivity contribution is -0.131. The van der Waals surface area contributed by atoms with Gasteiger partial charge in [-0.05, 0) is 28.7 Å². The molecule has 5 nitrogen and oxygen atoms in total. The molecule has 0 amide bonds. The molecular weight excluding hydrogens is 281 g/mol. The van der Waals surface area contributed by atoms with Crippen LogP contribution in [-0.4, -0.2) is 28.2 Å². The van der Waals surface area contributed by atoms with Crippen molar-refractivity contribution in [3.63, 3.8) is 0 Å². The Hall–Kier alpha value is -2.57. The fourth-order valence-electron chi connectivity index (χ4n) is 1.99. The molecule has 0 heterocycles. The van der Waals surface area contributed by atoms with Crippen LogP contribution in [0.15, 0.2) is 54.6 Å². The van der Waals surface area contributed by atoms with E-state index in [9.17, 15) is 14.8 Å². The molecule has 0 aromatic heterocycles. The molecule has 0 unspecified atom stereocenters. The molecule has 112 valence electrons.